The standard InChI is InChI=1S/C13H21NOSi/c1-11(14-9-10-16(2,3)4)12-7-5-6-8-13(12)15/h5-8,15H,9-10H2,1-4H3/b14-11+. The molecule has 0 fully saturated rings. The highest BCUT2D eigenvalue weighted by molar-refractivity contribution is 6.76. The van der Waals surface area contributed by atoms with Gasteiger partial charge in [0.25, 0.3) is 0 Å². The molecule has 0 saturated carbocycles. The van der Waals surface area contributed by atoms with E-state index in [4.69, 9.17) is 0 Å². The Kier molecular flexibility index (Phi) is 4.30. The number of aliphatic imine (C=N–C) groups is 1. The predicted octanol–water partition coefficient (Wildman–Crippen LogP) is 3.54. The second kappa shape index (κ2) is 5.30. The van der Waals surface area contributed by atoms with Crippen LogP contribution in [0.2, 0.25) is 25.7 Å². The van der Waals surface area contributed by atoms with E-state index in [1.54, 1.807) is 6.07 Å². The molecule has 0 aliphatic rings. The van der Waals surface area contributed by atoms with Gasteiger partial charge in [-0.15, -0.1) is 0 Å². The quantitative estimate of drug-likeness (QED) is 0.628. The lowest BCUT2D eigenvalue weighted by molar-refractivity contribution is 0.474. The first-order valence-corrected chi connectivity index (χ1v) is 9.40. The third kappa shape index (κ3) is 4.19. The van der Waals surface area contributed by atoms with Crippen LogP contribution in [0, 0.1) is 0 Å². The monoisotopic (exact) mass is 235 g/mol. The van der Waals surface area contributed by atoms with Crippen LogP contribution in [-0.4, -0.2) is 25.4 Å². The fraction of sp³-hybridized carbons (Fsp3) is 0.462. The number of phenols is 1. The molecule has 3 heteroatoms. The van der Waals surface area contributed by atoms with Gasteiger partial charge in [0.2, 0.25) is 0 Å². The summed E-state index contributed by atoms with van der Waals surface area (Å²) in [5.41, 5.74) is 1.77. The van der Waals surface area contributed by atoms with Crippen molar-refractivity contribution in [3.8, 4) is 5.75 Å². The van der Waals surface area contributed by atoms with Crippen LogP contribution >= 0.6 is 0 Å². The number of benzene rings is 1. The molecule has 2 nitrogen and oxygen atoms in total. The van der Waals surface area contributed by atoms with Gasteiger partial charge in [-0.3, -0.25) is 4.99 Å². The average Bonchev–Trinajstić information content (AvgIpc) is 2.16. The highest BCUT2D eigenvalue weighted by Crippen LogP contribution is 2.17. The molecule has 1 aromatic carbocycles. The molecular formula is C13H21NOSi. The number of para-hydroxylation sites is 1. The fourth-order valence-corrected chi connectivity index (χ4v) is 2.21. The fourth-order valence-electron chi connectivity index (χ4n) is 1.42. The number of phenolic OH excluding ortho intramolecular Hbond substituents is 1. The molecule has 0 aliphatic heterocycles. The van der Waals surface area contributed by atoms with Gasteiger partial charge in [-0.05, 0) is 25.1 Å². The maximum Gasteiger partial charge on any atom is 0.124 e. The molecule has 0 amide bonds. The third-order valence-corrected chi connectivity index (χ3v) is 4.23. The highest BCUT2D eigenvalue weighted by atomic mass is 28.3. The number of hydrogen-bond donors (Lipinski definition) is 1. The Morgan fingerprint density at radius 3 is 2.44 bits per heavy atom. The normalized spacial score (nSPS) is 12.9. The number of nitrogens with zero attached hydrogens (tertiary/aromatic N) is 1. The van der Waals surface area contributed by atoms with Crippen molar-refractivity contribution in [2.24, 2.45) is 4.99 Å². The molecule has 1 N–H and O–H groups in total. The van der Waals surface area contributed by atoms with Gasteiger partial charge >= 0.3 is 0 Å². The Hall–Kier alpha value is -1.09. The van der Waals surface area contributed by atoms with Crippen molar-refractivity contribution < 1.29 is 5.11 Å². The predicted molar refractivity (Wildman–Crippen MR) is 73.3 cm³/mol. The summed E-state index contributed by atoms with van der Waals surface area (Å²) in [5, 5.41) is 9.67. The number of rotatable bonds is 4. The summed E-state index contributed by atoms with van der Waals surface area (Å²) in [6, 6.07) is 8.55. The van der Waals surface area contributed by atoms with Crippen molar-refractivity contribution in [1.29, 1.82) is 0 Å². The van der Waals surface area contributed by atoms with Gasteiger partial charge in [0, 0.05) is 25.9 Å². The molecule has 0 heterocycles. The second-order valence-corrected chi connectivity index (χ2v) is 10.9. The Morgan fingerprint density at radius 2 is 1.88 bits per heavy atom. The molecule has 0 unspecified atom stereocenters. The molecule has 16 heavy (non-hydrogen) atoms. The first-order valence-electron chi connectivity index (χ1n) is 5.69. The zero-order valence-electron chi connectivity index (χ0n) is 10.6. The molecule has 1 aromatic rings. The molecule has 0 atom stereocenters. The third-order valence-electron chi connectivity index (χ3n) is 2.50. The van der Waals surface area contributed by atoms with Crippen LogP contribution < -0.4 is 0 Å². The summed E-state index contributed by atoms with van der Waals surface area (Å²) >= 11 is 0. The van der Waals surface area contributed by atoms with Crippen LogP contribution in [0.25, 0.3) is 0 Å². The van der Waals surface area contributed by atoms with E-state index >= 15 is 0 Å². The van der Waals surface area contributed by atoms with Crippen molar-refractivity contribution in [2.75, 3.05) is 6.54 Å². The lowest BCUT2D eigenvalue weighted by Crippen LogP contribution is -2.20. The van der Waals surface area contributed by atoms with Gasteiger partial charge in [0.05, 0.1) is 0 Å². The molecule has 1 rings (SSSR count). The van der Waals surface area contributed by atoms with Crippen molar-refractivity contribution in [1.82, 2.24) is 0 Å². The van der Waals surface area contributed by atoms with Crippen LogP contribution in [0.1, 0.15) is 12.5 Å². The van der Waals surface area contributed by atoms with Gasteiger partial charge < -0.3 is 5.11 Å². The van der Waals surface area contributed by atoms with E-state index in [0.717, 1.165) is 17.8 Å². The van der Waals surface area contributed by atoms with Crippen molar-refractivity contribution >= 4 is 13.8 Å². The largest absolute Gasteiger partial charge is 0.507 e. The maximum absolute atomic E-state index is 9.67. The van der Waals surface area contributed by atoms with Crippen LogP contribution in [-0.2, 0) is 0 Å². The van der Waals surface area contributed by atoms with E-state index < -0.39 is 8.07 Å². The molecule has 88 valence electrons. The van der Waals surface area contributed by atoms with Crippen LogP contribution in [0.15, 0.2) is 29.3 Å². The van der Waals surface area contributed by atoms with Gasteiger partial charge in [-0.25, -0.2) is 0 Å². The maximum atomic E-state index is 9.67. The van der Waals surface area contributed by atoms with Crippen LogP contribution in [0.5, 0.6) is 5.75 Å². The molecule has 0 spiro atoms. The summed E-state index contributed by atoms with van der Waals surface area (Å²) in [5.74, 6) is 0.316. The number of aromatic hydroxyl groups is 1. The van der Waals surface area contributed by atoms with Crippen molar-refractivity contribution in [2.45, 2.75) is 32.6 Å². The van der Waals surface area contributed by atoms with E-state index in [0.29, 0.717) is 5.75 Å². The molecule has 0 bridgehead atoms. The minimum Gasteiger partial charge on any atom is -0.507 e. The SMILES string of the molecule is C/C(=N\CC[Si](C)(C)C)c1ccccc1O. The molecule has 0 radical (unpaired) electrons. The first-order chi connectivity index (χ1) is 7.40. The van der Waals surface area contributed by atoms with Gasteiger partial charge in [0.1, 0.15) is 5.75 Å². The lowest BCUT2D eigenvalue weighted by atomic mass is 10.1. The van der Waals surface area contributed by atoms with Crippen molar-refractivity contribution in [3.63, 3.8) is 0 Å². The molecule has 0 saturated heterocycles. The summed E-state index contributed by atoms with van der Waals surface area (Å²) < 4.78 is 0. The second-order valence-electron chi connectivity index (χ2n) is 5.29. The zero-order valence-corrected chi connectivity index (χ0v) is 11.6. The van der Waals surface area contributed by atoms with Gasteiger partial charge in [0.15, 0.2) is 0 Å². The highest BCUT2D eigenvalue weighted by Gasteiger charge is 2.11. The van der Waals surface area contributed by atoms with Crippen LogP contribution in [0.4, 0.5) is 0 Å². The topological polar surface area (TPSA) is 32.6 Å². The first kappa shape index (κ1) is 13.0. The minimum absolute atomic E-state index is 0.316. The Labute approximate surface area is 99.1 Å². The smallest absolute Gasteiger partial charge is 0.124 e. The Morgan fingerprint density at radius 1 is 1.25 bits per heavy atom. The van der Waals surface area contributed by atoms with Crippen LogP contribution in [0.3, 0.4) is 0 Å². The molecular weight excluding hydrogens is 214 g/mol. The summed E-state index contributed by atoms with van der Waals surface area (Å²) in [6.45, 7) is 9.86. The molecule has 0 aromatic heterocycles. The average molecular weight is 235 g/mol. The zero-order chi connectivity index (χ0) is 12.2. The van der Waals surface area contributed by atoms with Crippen molar-refractivity contribution in [3.05, 3.63) is 29.8 Å². The Balaban J connectivity index is 2.68. The summed E-state index contributed by atoms with van der Waals surface area (Å²) in [6.07, 6.45) is 0. The van der Waals surface area contributed by atoms with E-state index in [9.17, 15) is 5.11 Å². The molecule has 0 aliphatic carbocycles. The summed E-state index contributed by atoms with van der Waals surface area (Å²) in [4.78, 5) is 4.53. The summed E-state index contributed by atoms with van der Waals surface area (Å²) in [7, 11) is -1.01. The van der Waals surface area contributed by atoms with E-state index in [1.807, 2.05) is 25.1 Å². The van der Waals surface area contributed by atoms with Gasteiger partial charge in [-0.2, -0.15) is 0 Å². The van der Waals surface area contributed by atoms with E-state index in [1.165, 1.54) is 6.04 Å². The van der Waals surface area contributed by atoms with E-state index in [2.05, 4.69) is 24.6 Å². The Bertz CT molecular complexity index is 380. The lowest BCUT2D eigenvalue weighted by Gasteiger charge is -2.13. The minimum atomic E-state index is -1.01. The van der Waals surface area contributed by atoms with Gasteiger partial charge in [-0.1, -0.05) is 31.8 Å². The van der Waals surface area contributed by atoms with E-state index in [-0.39, 0.29) is 0 Å². The number of hydrogen-bond acceptors (Lipinski definition) is 2.